The fourth-order valence-corrected chi connectivity index (χ4v) is 4.89. The first-order valence-corrected chi connectivity index (χ1v) is 10.4. The summed E-state index contributed by atoms with van der Waals surface area (Å²) in [6, 6.07) is 16.6. The Labute approximate surface area is 180 Å². The van der Waals surface area contributed by atoms with Crippen molar-refractivity contribution in [1.29, 1.82) is 0 Å². The minimum Gasteiger partial charge on any atom is -0.481 e. The summed E-state index contributed by atoms with van der Waals surface area (Å²) in [5, 5.41) is 11.9. The molecule has 2 fully saturated rings. The SMILES string of the molecule is CC(=O)O.Cn1c(C(=O)N2C[C@@H]3CNC[C@@H]3[C@H]2c2cccc(F)c2)cc2ccccc21. The monoisotopic (exact) mass is 423 g/mol. The fourth-order valence-electron chi connectivity index (χ4n) is 4.89. The van der Waals surface area contributed by atoms with E-state index in [2.05, 4.69) is 5.32 Å². The lowest BCUT2D eigenvalue weighted by Gasteiger charge is -2.28. The molecule has 0 bridgehead atoms. The van der Waals surface area contributed by atoms with Gasteiger partial charge in [-0.1, -0.05) is 30.3 Å². The number of benzene rings is 2. The van der Waals surface area contributed by atoms with Crippen molar-refractivity contribution >= 4 is 22.8 Å². The third-order valence-electron chi connectivity index (χ3n) is 6.19. The molecule has 2 aromatic carbocycles. The van der Waals surface area contributed by atoms with Crippen LogP contribution >= 0.6 is 0 Å². The number of hydrogen-bond acceptors (Lipinski definition) is 3. The number of para-hydroxylation sites is 1. The van der Waals surface area contributed by atoms with Crippen LogP contribution in [-0.4, -0.2) is 46.1 Å². The maximum atomic E-state index is 13.9. The predicted octanol–water partition coefficient (Wildman–Crippen LogP) is 3.44. The number of aromatic nitrogens is 1. The number of likely N-dealkylation sites (tertiary alicyclic amines) is 1. The van der Waals surface area contributed by atoms with Crippen LogP contribution < -0.4 is 5.32 Å². The Bertz CT molecular complexity index is 1120. The zero-order chi connectivity index (χ0) is 22.1. The Morgan fingerprint density at radius 2 is 1.84 bits per heavy atom. The summed E-state index contributed by atoms with van der Waals surface area (Å²) in [7, 11) is 1.94. The van der Waals surface area contributed by atoms with Gasteiger partial charge in [0.1, 0.15) is 11.5 Å². The van der Waals surface area contributed by atoms with Gasteiger partial charge >= 0.3 is 0 Å². The molecule has 2 N–H and O–H groups in total. The molecule has 6 nitrogen and oxygen atoms in total. The van der Waals surface area contributed by atoms with Gasteiger partial charge in [-0.15, -0.1) is 0 Å². The van der Waals surface area contributed by atoms with Crippen molar-refractivity contribution in [3.63, 3.8) is 0 Å². The van der Waals surface area contributed by atoms with Gasteiger partial charge in [0, 0.05) is 50.4 Å². The number of amides is 1. The van der Waals surface area contributed by atoms with Crippen LogP contribution in [0.15, 0.2) is 54.6 Å². The number of carbonyl (C=O) groups excluding carboxylic acids is 1. The Morgan fingerprint density at radius 1 is 1.10 bits per heavy atom. The maximum absolute atomic E-state index is 13.9. The average Bonchev–Trinajstić information content (AvgIpc) is 3.40. The molecule has 5 rings (SSSR count). The van der Waals surface area contributed by atoms with Crippen molar-refractivity contribution < 1.29 is 19.1 Å². The summed E-state index contributed by atoms with van der Waals surface area (Å²) in [5.74, 6) is -0.321. The summed E-state index contributed by atoms with van der Waals surface area (Å²) in [4.78, 5) is 24.5. The van der Waals surface area contributed by atoms with Crippen molar-refractivity contribution in [1.82, 2.24) is 14.8 Å². The highest BCUT2D eigenvalue weighted by molar-refractivity contribution is 5.99. The number of halogens is 1. The summed E-state index contributed by atoms with van der Waals surface area (Å²) in [6.07, 6.45) is 0. The number of aryl methyl sites for hydroxylation is 1. The van der Waals surface area contributed by atoms with Crippen LogP contribution in [0.3, 0.4) is 0 Å². The molecule has 2 saturated heterocycles. The highest BCUT2D eigenvalue weighted by Crippen LogP contribution is 2.43. The Hall–Kier alpha value is -3.19. The molecule has 7 heteroatoms. The first-order chi connectivity index (χ1) is 14.9. The molecular weight excluding hydrogens is 397 g/mol. The number of rotatable bonds is 2. The minimum absolute atomic E-state index is 0.0253. The Kier molecular flexibility index (Phi) is 5.78. The zero-order valence-corrected chi connectivity index (χ0v) is 17.6. The van der Waals surface area contributed by atoms with E-state index in [4.69, 9.17) is 9.90 Å². The lowest BCUT2D eigenvalue weighted by Crippen LogP contribution is -2.35. The summed E-state index contributed by atoms with van der Waals surface area (Å²) >= 11 is 0. The predicted molar refractivity (Wildman–Crippen MR) is 116 cm³/mol. The molecule has 0 spiro atoms. The number of hydrogen-bond donors (Lipinski definition) is 2. The van der Waals surface area contributed by atoms with Crippen LogP contribution in [0.4, 0.5) is 4.39 Å². The molecule has 0 radical (unpaired) electrons. The van der Waals surface area contributed by atoms with Crippen LogP contribution in [0.2, 0.25) is 0 Å². The van der Waals surface area contributed by atoms with Crippen molar-refractivity contribution in [2.45, 2.75) is 13.0 Å². The molecule has 0 aliphatic carbocycles. The first kappa shape index (κ1) is 21.1. The van der Waals surface area contributed by atoms with E-state index in [-0.39, 0.29) is 17.8 Å². The number of carbonyl (C=O) groups is 2. The van der Waals surface area contributed by atoms with Crippen LogP contribution in [-0.2, 0) is 11.8 Å². The van der Waals surface area contributed by atoms with Crippen molar-refractivity contribution in [2.24, 2.45) is 18.9 Å². The van der Waals surface area contributed by atoms with Gasteiger partial charge in [-0.05, 0) is 35.7 Å². The third-order valence-corrected chi connectivity index (χ3v) is 6.19. The van der Waals surface area contributed by atoms with E-state index >= 15 is 0 Å². The van der Waals surface area contributed by atoms with E-state index in [0.29, 0.717) is 24.1 Å². The van der Waals surface area contributed by atoms with E-state index in [9.17, 15) is 9.18 Å². The number of carboxylic acids is 1. The smallest absolute Gasteiger partial charge is 0.300 e. The van der Waals surface area contributed by atoms with Crippen LogP contribution in [0.5, 0.6) is 0 Å². The molecule has 31 heavy (non-hydrogen) atoms. The second-order valence-electron chi connectivity index (χ2n) is 8.21. The standard InChI is InChI=1S/C22H22FN3O.C2H4O2/c1-25-19-8-3-2-5-14(19)10-20(25)22(27)26-13-16-11-24-12-18(16)21(26)15-6-4-7-17(23)9-15;1-2(3)4/h2-10,16,18,21,24H,11-13H2,1H3;1H3,(H,3,4)/t16-,18-,21+;/m0./s1. The highest BCUT2D eigenvalue weighted by Gasteiger charge is 2.47. The van der Waals surface area contributed by atoms with E-state index < -0.39 is 5.97 Å². The Balaban J connectivity index is 0.000000535. The topological polar surface area (TPSA) is 74.6 Å². The molecule has 2 aliphatic heterocycles. The van der Waals surface area contributed by atoms with Gasteiger partial charge in [0.25, 0.3) is 11.9 Å². The quantitative estimate of drug-likeness (QED) is 0.662. The summed E-state index contributed by atoms with van der Waals surface area (Å²) in [5.41, 5.74) is 2.62. The van der Waals surface area contributed by atoms with Gasteiger partial charge in [0.05, 0.1) is 6.04 Å². The van der Waals surface area contributed by atoms with Gasteiger partial charge in [0.15, 0.2) is 0 Å². The zero-order valence-electron chi connectivity index (χ0n) is 17.6. The van der Waals surface area contributed by atoms with E-state index in [1.54, 1.807) is 12.1 Å². The van der Waals surface area contributed by atoms with Gasteiger partial charge < -0.3 is 19.9 Å². The molecule has 1 aromatic heterocycles. The Morgan fingerprint density at radius 3 is 2.55 bits per heavy atom. The molecule has 3 atom stereocenters. The molecule has 1 amide bonds. The van der Waals surface area contributed by atoms with E-state index in [0.717, 1.165) is 36.5 Å². The third kappa shape index (κ3) is 4.05. The van der Waals surface area contributed by atoms with Crippen LogP contribution in [0, 0.1) is 17.7 Å². The number of aliphatic carboxylic acids is 1. The largest absolute Gasteiger partial charge is 0.481 e. The molecule has 0 unspecified atom stereocenters. The molecule has 3 aromatic rings. The van der Waals surface area contributed by atoms with Crippen molar-refractivity contribution in [3.05, 3.63) is 71.7 Å². The van der Waals surface area contributed by atoms with E-state index in [1.165, 1.54) is 6.07 Å². The number of carboxylic acid groups (broad SMARTS) is 1. The second-order valence-corrected chi connectivity index (χ2v) is 8.21. The van der Waals surface area contributed by atoms with Gasteiger partial charge in [-0.3, -0.25) is 9.59 Å². The number of nitrogens with one attached hydrogen (secondary N) is 1. The average molecular weight is 423 g/mol. The summed E-state index contributed by atoms with van der Waals surface area (Å²) < 4.78 is 15.9. The minimum atomic E-state index is -0.833. The van der Waals surface area contributed by atoms with Gasteiger partial charge in [-0.25, -0.2) is 4.39 Å². The van der Waals surface area contributed by atoms with E-state index in [1.807, 2.05) is 52.9 Å². The maximum Gasteiger partial charge on any atom is 0.300 e. The van der Waals surface area contributed by atoms with Crippen LogP contribution in [0.25, 0.3) is 10.9 Å². The fraction of sp³-hybridized carbons (Fsp3) is 0.333. The number of fused-ring (bicyclic) bond motifs is 2. The van der Waals surface area contributed by atoms with Gasteiger partial charge in [-0.2, -0.15) is 0 Å². The number of nitrogens with zero attached hydrogens (tertiary/aromatic N) is 2. The first-order valence-electron chi connectivity index (χ1n) is 10.4. The lowest BCUT2D eigenvalue weighted by atomic mass is 9.89. The van der Waals surface area contributed by atoms with Crippen molar-refractivity contribution in [2.75, 3.05) is 19.6 Å². The van der Waals surface area contributed by atoms with Crippen LogP contribution in [0.1, 0.15) is 29.0 Å². The molecule has 0 saturated carbocycles. The highest BCUT2D eigenvalue weighted by atomic mass is 19.1. The molecule has 2 aliphatic rings. The van der Waals surface area contributed by atoms with Crippen molar-refractivity contribution in [3.8, 4) is 0 Å². The lowest BCUT2D eigenvalue weighted by molar-refractivity contribution is -0.134. The second kappa shape index (κ2) is 8.51. The molecular formula is C24H26FN3O3. The molecule has 3 heterocycles. The molecule has 162 valence electrons. The summed E-state index contributed by atoms with van der Waals surface area (Å²) in [6.45, 7) is 3.57. The van der Waals surface area contributed by atoms with Gasteiger partial charge in [0.2, 0.25) is 0 Å². The normalized spacial score (nSPS) is 22.2.